The summed E-state index contributed by atoms with van der Waals surface area (Å²) in [7, 11) is 3.05. The second kappa shape index (κ2) is 10.9. The first-order chi connectivity index (χ1) is 17.4. The van der Waals surface area contributed by atoms with E-state index in [0.717, 1.165) is 44.5 Å². The summed E-state index contributed by atoms with van der Waals surface area (Å²) in [5.74, 6) is 1.06. The molecule has 2 heterocycles. The first-order valence-electron chi connectivity index (χ1n) is 12.2. The van der Waals surface area contributed by atoms with Crippen molar-refractivity contribution in [1.29, 1.82) is 0 Å². The van der Waals surface area contributed by atoms with E-state index in [2.05, 4.69) is 0 Å². The van der Waals surface area contributed by atoms with Gasteiger partial charge < -0.3 is 23.5 Å². The lowest BCUT2D eigenvalue weighted by molar-refractivity contribution is -0.148. The number of nitrogens with zero attached hydrogens (tertiary/aromatic N) is 1. The Balaban J connectivity index is 1.70. The van der Waals surface area contributed by atoms with Crippen LogP contribution < -0.4 is 9.47 Å². The highest BCUT2D eigenvalue weighted by atomic mass is 16.5. The zero-order valence-corrected chi connectivity index (χ0v) is 21.6. The Bertz CT molecular complexity index is 1300. The van der Waals surface area contributed by atoms with Crippen LogP contribution in [-0.2, 0) is 14.3 Å². The molecule has 4 rings (SSSR count). The van der Waals surface area contributed by atoms with Gasteiger partial charge in [0.15, 0.2) is 0 Å². The molecule has 1 saturated heterocycles. The average molecular weight is 492 g/mol. The third-order valence-electron chi connectivity index (χ3n) is 6.82. The van der Waals surface area contributed by atoms with Gasteiger partial charge in [0.1, 0.15) is 17.1 Å². The van der Waals surface area contributed by atoms with Crippen LogP contribution in [0.15, 0.2) is 47.1 Å². The summed E-state index contributed by atoms with van der Waals surface area (Å²) in [6.07, 6.45) is 4.63. The number of fused-ring (bicyclic) bond motifs is 1. The predicted molar refractivity (Wildman–Crippen MR) is 139 cm³/mol. The average Bonchev–Trinajstić information content (AvgIpc) is 3.34. The zero-order chi connectivity index (χ0) is 25.8. The van der Waals surface area contributed by atoms with Crippen LogP contribution in [0.4, 0.5) is 0 Å². The standard InChI is InChI=1S/C29H33NO6/c1-6-35-27-19(3)28-24(25(17-36-28)21-8-7-9-22(15-21)33-4)16-23(27)18(2)14-26(31)30-12-10-20(11-13-30)29(32)34-5/h7-9,14-17,20H,6,10-13H2,1-5H3/b18-14+. The van der Waals surface area contributed by atoms with Gasteiger partial charge in [0, 0.05) is 41.2 Å². The molecule has 0 saturated carbocycles. The quantitative estimate of drug-likeness (QED) is 0.315. The van der Waals surface area contributed by atoms with Crippen LogP contribution in [0, 0.1) is 12.8 Å². The van der Waals surface area contributed by atoms with Gasteiger partial charge in [0.25, 0.3) is 0 Å². The number of methoxy groups -OCH3 is 2. The lowest BCUT2D eigenvalue weighted by atomic mass is 9.95. The van der Waals surface area contributed by atoms with Gasteiger partial charge in [-0.1, -0.05) is 12.1 Å². The fraction of sp³-hybridized carbons (Fsp3) is 0.379. The molecule has 1 amide bonds. The van der Waals surface area contributed by atoms with Gasteiger partial charge in [-0.3, -0.25) is 9.59 Å². The maximum Gasteiger partial charge on any atom is 0.308 e. The van der Waals surface area contributed by atoms with Crippen molar-refractivity contribution in [2.45, 2.75) is 33.6 Å². The third-order valence-corrected chi connectivity index (χ3v) is 6.82. The van der Waals surface area contributed by atoms with Crippen molar-refractivity contribution >= 4 is 28.4 Å². The number of amides is 1. The Morgan fingerprint density at radius 1 is 1.17 bits per heavy atom. The number of carbonyl (C=O) groups excluding carboxylic acids is 2. The molecule has 3 aromatic rings. The number of hydrogen-bond acceptors (Lipinski definition) is 6. The molecule has 0 atom stereocenters. The van der Waals surface area contributed by atoms with Gasteiger partial charge in [-0.05, 0) is 62.9 Å². The smallest absolute Gasteiger partial charge is 0.308 e. The molecule has 1 fully saturated rings. The predicted octanol–water partition coefficient (Wildman–Crippen LogP) is 5.63. The number of likely N-dealkylation sites (tertiary alicyclic amines) is 1. The van der Waals surface area contributed by atoms with E-state index in [9.17, 15) is 9.59 Å². The molecule has 0 aliphatic carbocycles. The first-order valence-corrected chi connectivity index (χ1v) is 12.2. The largest absolute Gasteiger partial charge is 0.497 e. The summed E-state index contributed by atoms with van der Waals surface area (Å²) in [5, 5.41) is 0.943. The van der Waals surface area contributed by atoms with Crippen LogP contribution in [-0.4, -0.2) is 50.7 Å². The van der Waals surface area contributed by atoms with Gasteiger partial charge in [-0.25, -0.2) is 0 Å². The number of aryl methyl sites for hydroxylation is 1. The van der Waals surface area contributed by atoms with Crippen molar-refractivity contribution < 1.29 is 28.2 Å². The van der Waals surface area contributed by atoms with Crippen molar-refractivity contribution in [3.05, 3.63) is 53.8 Å². The van der Waals surface area contributed by atoms with Gasteiger partial charge in [0.2, 0.25) is 5.91 Å². The highest BCUT2D eigenvalue weighted by Crippen LogP contribution is 2.41. The number of esters is 1. The van der Waals surface area contributed by atoms with E-state index in [1.807, 2.05) is 51.1 Å². The second-order valence-corrected chi connectivity index (χ2v) is 9.02. The number of hydrogen-bond donors (Lipinski definition) is 0. The van der Waals surface area contributed by atoms with Crippen LogP contribution in [0.3, 0.4) is 0 Å². The molecule has 1 aromatic heterocycles. The van der Waals surface area contributed by atoms with Gasteiger partial charge in [-0.2, -0.15) is 0 Å². The number of allylic oxidation sites excluding steroid dienone is 1. The number of ether oxygens (including phenoxy) is 3. The SMILES string of the molecule is CCOc1c(/C(C)=C/C(=O)N2CCC(C(=O)OC)CC2)cc2c(-c3cccc(OC)c3)coc2c1C. The molecule has 0 radical (unpaired) electrons. The molecule has 2 aromatic carbocycles. The van der Waals surface area contributed by atoms with Crippen molar-refractivity contribution in [2.24, 2.45) is 5.92 Å². The van der Waals surface area contributed by atoms with Crippen molar-refractivity contribution in [3.63, 3.8) is 0 Å². The second-order valence-electron chi connectivity index (χ2n) is 9.02. The van der Waals surface area contributed by atoms with Crippen LogP contribution >= 0.6 is 0 Å². The molecule has 7 nitrogen and oxygen atoms in total. The molecule has 190 valence electrons. The molecular weight excluding hydrogens is 458 g/mol. The number of carbonyl (C=O) groups is 2. The number of benzene rings is 2. The molecule has 0 unspecified atom stereocenters. The van der Waals surface area contributed by atoms with E-state index in [4.69, 9.17) is 18.6 Å². The van der Waals surface area contributed by atoms with Crippen molar-refractivity contribution in [1.82, 2.24) is 4.90 Å². The summed E-state index contributed by atoms with van der Waals surface area (Å²) >= 11 is 0. The highest BCUT2D eigenvalue weighted by Gasteiger charge is 2.27. The Kier molecular flexibility index (Phi) is 7.67. The fourth-order valence-corrected chi connectivity index (χ4v) is 4.81. The molecule has 1 aliphatic rings. The Hall–Kier alpha value is -3.74. The molecule has 7 heteroatoms. The normalized spacial score (nSPS) is 14.7. The Morgan fingerprint density at radius 2 is 1.92 bits per heavy atom. The topological polar surface area (TPSA) is 78.2 Å². The van der Waals surface area contributed by atoms with Crippen LogP contribution in [0.25, 0.3) is 27.7 Å². The summed E-state index contributed by atoms with van der Waals surface area (Å²) in [6, 6.07) is 9.88. The molecule has 0 N–H and O–H groups in total. The molecular formula is C29H33NO6. The Morgan fingerprint density at radius 3 is 2.58 bits per heavy atom. The number of furan rings is 1. The van der Waals surface area contributed by atoms with Crippen LogP contribution in [0.1, 0.15) is 37.8 Å². The van der Waals surface area contributed by atoms with E-state index in [-0.39, 0.29) is 17.8 Å². The number of rotatable bonds is 7. The first kappa shape index (κ1) is 25.4. The zero-order valence-electron chi connectivity index (χ0n) is 21.6. The summed E-state index contributed by atoms with van der Waals surface area (Å²) in [6.45, 7) is 7.38. The van der Waals surface area contributed by atoms with Crippen molar-refractivity contribution in [3.8, 4) is 22.6 Å². The summed E-state index contributed by atoms with van der Waals surface area (Å²) in [5.41, 5.74) is 5.22. The van der Waals surface area contributed by atoms with Gasteiger partial charge >= 0.3 is 5.97 Å². The minimum atomic E-state index is -0.203. The molecule has 1 aliphatic heterocycles. The lowest BCUT2D eigenvalue weighted by Crippen LogP contribution is -2.39. The van der Waals surface area contributed by atoms with Gasteiger partial charge in [-0.15, -0.1) is 0 Å². The summed E-state index contributed by atoms with van der Waals surface area (Å²) < 4.78 is 22.3. The van der Waals surface area contributed by atoms with Crippen molar-refractivity contribution in [2.75, 3.05) is 33.9 Å². The molecule has 36 heavy (non-hydrogen) atoms. The third kappa shape index (κ3) is 4.96. The van der Waals surface area contributed by atoms with E-state index >= 15 is 0 Å². The molecule has 0 spiro atoms. The van der Waals surface area contributed by atoms with E-state index < -0.39 is 0 Å². The lowest BCUT2D eigenvalue weighted by Gasteiger charge is -2.30. The summed E-state index contributed by atoms with van der Waals surface area (Å²) in [4.78, 5) is 26.7. The van der Waals surface area contributed by atoms with E-state index in [1.54, 1.807) is 24.3 Å². The highest BCUT2D eigenvalue weighted by molar-refractivity contribution is 6.01. The maximum atomic E-state index is 13.1. The minimum Gasteiger partial charge on any atom is -0.497 e. The number of piperidine rings is 1. The van der Waals surface area contributed by atoms with E-state index in [1.165, 1.54) is 7.11 Å². The fourth-order valence-electron chi connectivity index (χ4n) is 4.81. The monoisotopic (exact) mass is 491 g/mol. The van der Waals surface area contributed by atoms with Gasteiger partial charge in [0.05, 0.1) is 33.0 Å². The van der Waals surface area contributed by atoms with E-state index in [0.29, 0.717) is 38.3 Å². The van der Waals surface area contributed by atoms with Crippen LogP contribution in [0.2, 0.25) is 0 Å². The van der Waals surface area contributed by atoms with Crippen LogP contribution in [0.5, 0.6) is 11.5 Å². The maximum absolute atomic E-state index is 13.1. The Labute approximate surface area is 211 Å². The molecule has 0 bridgehead atoms. The minimum absolute atomic E-state index is 0.0729.